The van der Waals surface area contributed by atoms with Gasteiger partial charge >= 0.3 is 6.03 Å². The van der Waals surface area contributed by atoms with Crippen LogP contribution in [-0.4, -0.2) is 43.9 Å². The lowest BCUT2D eigenvalue weighted by Crippen LogP contribution is -2.50. The zero-order valence-electron chi connectivity index (χ0n) is 13.9. The molecule has 0 aliphatic carbocycles. The number of ether oxygens (including phenoxy) is 2. The minimum atomic E-state index is -0.159. The van der Waals surface area contributed by atoms with Crippen LogP contribution in [0.5, 0.6) is 11.5 Å². The van der Waals surface area contributed by atoms with Crippen LogP contribution in [0.1, 0.15) is 0 Å². The van der Waals surface area contributed by atoms with E-state index < -0.39 is 0 Å². The molecule has 1 saturated heterocycles. The Morgan fingerprint density at radius 1 is 0.923 bits per heavy atom. The summed E-state index contributed by atoms with van der Waals surface area (Å²) in [5.74, 6) is 1.53. The van der Waals surface area contributed by atoms with Crippen LogP contribution in [0.3, 0.4) is 0 Å². The number of piperazine rings is 1. The first-order chi connectivity index (χ1) is 12.6. The molecule has 8 heteroatoms. The van der Waals surface area contributed by atoms with Gasteiger partial charge in [-0.05, 0) is 30.3 Å². The molecule has 4 rings (SSSR count). The quantitative estimate of drug-likeness (QED) is 0.834. The van der Waals surface area contributed by atoms with Gasteiger partial charge in [-0.25, -0.2) is 4.79 Å². The Morgan fingerprint density at radius 2 is 1.62 bits per heavy atom. The first-order valence-electron chi connectivity index (χ1n) is 8.25. The monoisotopic (exact) mass is 393 g/mol. The normalized spacial score (nSPS) is 15.9. The summed E-state index contributed by atoms with van der Waals surface area (Å²) in [7, 11) is 0. The molecule has 6 nitrogen and oxygen atoms in total. The third-order valence-corrected chi connectivity index (χ3v) is 4.84. The SMILES string of the molecule is O=C(Nc1cc(Cl)cc(Cl)c1)N1CCN(c2ccc3c(c2)OCO3)CC1. The summed E-state index contributed by atoms with van der Waals surface area (Å²) in [4.78, 5) is 16.5. The van der Waals surface area contributed by atoms with Crippen molar-refractivity contribution in [2.75, 3.05) is 43.2 Å². The van der Waals surface area contributed by atoms with Crippen molar-refractivity contribution in [2.45, 2.75) is 0 Å². The number of carbonyl (C=O) groups is 1. The average molecular weight is 394 g/mol. The van der Waals surface area contributed by atoms with Gasteiger partial charge in [-0.1, -0.05) is 23.2 Å². The predicted molar refractivity (Wildman–Crippen MR) is 102 cm³/mol. The molecule has 0 unspecified atom stereocenters. The van der Waals surface area contributed by atoms with Crippen LogP contribution in [0, 0.1) is 0 Å². The second-order valence-electron chi connectivity index (χ2n) is 6.10. The summed E-state index contributed by atoms with van der Waals surface area (Å²) in [6.45, 7) is 2.98. The number of nitrogens with zero attached hydrogens (tertiary/aromatic N) is 2. The number of nitrogens with one attached hydrogen (secondary N) is 1. The number of halogens is 2. The van der Waals surface area contributed by atoms with E-state index in [1.54, 1.807) is 23.1 Å². The maximum Gasteiger partial charge on any atom is 0.321 e. The summed E-state index contributed by atoms with van der Waals surface area (Å²) in [5.41, 5.74) is 1.65. The Hall–Kier alpha value is -2.31. The van der Waals surface area contributed by atoms with E-state index in [2.05, 4.69) is 10.2 Å². The van der Waals surface area contributed by atoms with Gasteiger partial charge in [0.15, 0.2) is 11.5 Å². The Bertz CT molecular complexity index is 818. The molecule has 2 aromatic rings. The van der Waals surface area contributed by atoms with Gasteiger partial charge in [0.1, 0.15) is 0 Å². The highest BCUT2D eigenvalue weighted by molar-refractivity contribution is 6.35. The molecule has 0 spiro atoms. The molecule has 2 aromatic carbocycles. The summed E-state index contributed by atoms with van der Waals surface area (Å²) in [5, 5.41) is 3.82. The number of amides is 2. The molecule has 1 fully saturated rings. The summed E-state index contributed by atoms with van der Waals surface area (Å²) < 4.78 is 10.8. The molecule has 2 heterocycles. The molecule has 2 amide bonds. The number of urea groups is 1. The van der Waals surface area contributed by atoms with Crippen molar-refractivity contribution < 1.29 is 14.3 Å². The lowest BCUT2D eigenvalue weighted by atomic mass is 10.2. The number of rotatable bonds is 2. The highest BCUT2D eigenvalue weighted by Gasteiger charge is 2.23. The zero-order valence-corrected chi connectivity index (χ0v) is 15.4. The van der Waals surface area contributed by atoms with Gasteiger partial charge in [-0.2, -0.15) is 0 Å². The Labute approximate surface area is 161 Å². The van der Waals surface area contributed by atoms with Crippen LogP contribution in [0.25, 0.3) is 0 Å². The van der Waals surface area contributed by atoms with Crippen LogP contribution < -0.4 is 19.7 Å². The first-order valence-corrected chi connectivity index (χ1v) is 9.01. The van der Waals surface area contributed by atoms with E-state index in [1.165, 1.54) is 0 Å². The van der Waals surface area contributed by atoms with Crippen molar-refractivity contribution >= 4 is 40.6 Å². The fourth-order valence-electron chi connectivity index (χ4n) is 3.08. The zero-order chi connectivity index (χ0) is 18.1. The van der Waals surface area contributed by atoms with Crippen molar-refractivity contribution in [1.82, 2.24) is 4.90 Å². The van der Waals surface area contributed by atoms with Crippen molar-refractivity contribution in [3.8, 4) is 11.5 Å². The summed E-state index contributed by atoms with van der Waals surface area (Å²) >= 11 is 11.9. The molecule has 0 bridgehead atoms. The molecule has 136 valence electrons. The van der Waals surface area contributed by atoms with Gasteiger partial charge in [0.05, 0.1) is 0 Å². The second-order valence-corrected chi connectivity index (χ2v) is 6.97. The highest BCUT2D eigenvalue weighted by Crippen LogP contribution is 2.35. The fourth-order valence-corrected chi connectivity index (χ4v) is 3.60. The van der Waals surface area contributed by atoms with Crippen LogP contribution >= 0.6 is 23.2 Å². The molecule has 2 aliphatic rings. The van der Waals surface area contributed by atoms with Crippen LogP contribution in [0.15, 0.2) is 36.4 Å². The number of fused-ring (bicyclic) bond motifs is 1. The van der Waals surface area contributed by atoms with Gasteiger partial charge in [-0.3, -0.25) is 0 Å². The average Bonchev–Trinajstić information content (AvgIpc) is 3.08. The maximum absolute atomic E-state index is 12.5. The molecular formula is C18H17Cl2N3O3. The van der Waals surface area contributed by atoms with Crippen molar-refractivity contribution in [1.29, 1.82) is 0 Å². The van der Waals surface area contributed by atoms with E-state index in [4.69, 9.17) is 32.7 Å². The molecule has 0 saturated carbocycles. The summed E-state index contributed by atoms with van der Waals surface area (Å²) in [6.07, 6.45) is 0. The van der Waals surface area contributed by atoms with E-state index in [0.29, 0.717) is 28.8 Å². The smallest absolute Gasteiger partial charge is 0.321 e. The van der Waals surface area contributed by atoms with Crippen molar-refractivity contribution in [2.24, 2.45) is 0 Å². The van der Waals surface area contributed by atoms with Gasteiger partial charge < -0.3 is 24.6 Å². The molecule has 2 aliphatic heterocycles. The van der Waals surface area contributed by atoms with E-state index in [-0.39, 0.29) is 12.8 Å². The first kappa shape index (κ1) is 17.1. The Morgan fingerprint density at radius 3 is 2.35 bits per heavy atom. The van der Waals surface area contributed by atoms with E-state index in [1.807, 2.05) is 18.2 Å². The number of hydrogen-bond donors (Lipinski definition) is 1. The largest absolute Gasteiger partial charge is 0.454 e. The lowest BCUT2D eigenvalue weighted by Gasteiger charge is -2.36. The minimum absolute atomic E-state index is 0.159. The van der Waals surface area contributed by atoms with Gasteiger partial charge in [0, 0.05) is 53.7 Å². The number of anilines is 2. The molecule has 0 aromatic heterocycles. The standard InChI is InChI=1S/C18H17Cl2N3O3/c19-12-7-13(20)9-14(8-12)21-18(24)23-5-3-22(4-6-23)15-1-2-16-17(10-15)26-11-25-16/h1-2,7-10H,3-6,11H2,(H,21,24). The molecule has 1 N–H and O–H groups in total. The van der Waals surface area contributed by atoms with Crippen LogP contribution in [0.2, 0.25) is 10.0 Å². The third-order valence-electron chi connectivity index (χ3n) is 4.40. The van der Waals surface area contributed by atoms with E-state index in [9.17, 15) is 4.79 Å². The fraction of sp³-hybridized carbons (Fsp3) is 0.278. The van der Waals surface area contributed by atoms with Crippen LogP contribution in [-0.2, 0) is 0 Å². The molecule has 0 radical (unpaired) electrons. The Balaban J connectivity index is 1.36. The number of hydrogen-bond acceptors (Lipinski definition) is 4. The number of carbonyl (C=O) groups excluding carboxylic acids is 1. The number of benzene rings is 2. The highest BCUT2D eigenvalue weighted by atomic mass is 35.5. The molecular weight excluding hydrogens is 377 g/mol. The molecule has 0 atom stereocenters. The maximum atomic E-state index is 12.5. The van der Waals surface area contributed by atoms with Gasteiger partial charge in [0.25, 0.3) is 0 Å². The van der Waals surface area contributed by atoms with Crippen LogP contribution in [0.4, 0.5) is 16.2 Å². The van der Waals surface area contributed by atoms with E-state index >= 15 is 0 Å². The Kier molecular flexibility index (Phi) is 4.70. The lowest BCUT2D eigenvalue weighted by molar-refractivity contribution is 0.174. The third kappa shape index (κ3) is 3.61. The van der Waals surface area contributed by atoms with Gasteiger partial charge in [-0.15, -0.1) is 0 Å². The minimum Gasteiger partial charge on any atom is -0.454 e. The van der Waals surface area contributed by atoms with Gasteiger partial charge in [0.2, 0.25) is 6.79 Å². The van der Waals surface area contributed by atoms with E-state index in [0.717, 1.165) is 30.3 Å². The topological polar surface area (TPSA) is 54.0 Å². The van der Waals surface area contributed by atoms with Crippen molar-refractivity contribution in [3.63, 3.8) is 0 Å². The summed E-state index contributed by atoms with van der Waals surface area (Å²) in [6, 6.07) is 10.7. The second kappa shape index (κ2) is 7.13. The predicted octanol–water partition coefficient (Wildman–Crippen LogP) is 4.08. The molecule has 26 heavy (non-hydrogen) atoms. The van der Waals surface area contributed by atoms with Crippen molar-refractivity contribution in [3.05, 3.63) is 46.4 Å².